The predicted molar refractivity (Wildman–Crippen MR) is 116 cm³/mol. The molecule has 1 N–H and O–H groups in total. The fourth-order valence-electron chi connectivity index (χ4n) is 3.34. The topological polar surface area (TPSA) is 32.3 Å². The van der Waals surface area contributed by atoms with Crippen LogP contribution in [0.15, 0.2) is 84.9 Å². The van der Waals surface area contributed by atoms with Crippen LogP contribution in [0, 0.1) is 0 Å². The molecule has 1 amide bonds. The van der Waals surface area contributed by atoms with Crippen molar-refractivity contribution in [2.45, 2.75) is 18.9 Å². The fourth-order valence-corrected chi connectivity index (χ4v) is 3.34. The number of hydrogen-bond acceptors (Lipinski definition) is 2. The van der Waals surface area contributed by atoms with Gasteiger partial charge in [-0.2, -0.15) is 0 Å². The van der Waals surface area contributed by atoms with E-state index in [1.165, 1.54) is 11.1 Å². The van der Waals surface area contributed by atoms with E-state index in [9.17, 15) is 4.79 Å². The van der Waals surface area contributed by atoms with Gasteiger partial charge in [-0.05, 0) is 49.7 Å². The molecule has 0 saturated carbocycles. The first-order valence-corrected chi connectivity index (χ1v) is 9.74. The van der Waals surface area contributed by atoms with Crippen LogP contribution in [0.1, 0.15) is 27.0 Å². The molecule has 1 atom stereocenters. The lowest BCUT2D eigenvalue weighted by atomic mass is 9.99. The fraction of sp³-hybridized carbons (Fsp3) is 0.240. The molecule has 3 aromatic carbocycles. The van der Waals surface area contributed by atoms with Crippen molar-refractivity contribution in [3.63, 3.8) is 0 Å². The van der Waals surface area contributed by atoms with Crippen LogP contribution in [0.3, 0.4) is 0 Å². The van der Waals surface area contributed by atoms with E-state index in [1.807, 2.05) is 48.5 Å². The van der Waals surface area contributed by atoms with Crippen LogP contribution in [0.4, 0.5) is 0 Å². The summed E-state index contributed by atoms with van der Waals surface area (Å²) in [5.41, 5.74) is 4.29. The molecule has 0 bridgehead atoms. The highest BCUT2D eigenvalue weighted by Crippen LogP contribution is 2.15. The van der Waals surface area contributed by atoms with E-state index < -0.39 is 0 Å². The van der Waals surface area contributed by atoms with Crippen LogP contribution >= 0.6 is 0 Å². The lowest BCUT2D eigenvalue weighted by molar-refractivity contribution is 0.0941. The molecule has 0 spiro atoms. The van der Waals surface area contributed by atoms with Gasteiger partial charge < -0.3 is 10.2 Å². The molecular formula is C25H28N2O. The Morgan fingerprint density at radius 3 is 2.04 bits per heavy atom. The van der Waals surface area contributed by atoms with Gasteiger partial charge in [0.25, 0.3) is 5.91 Å². The van der Waals surface area contributed by atoms with Crippen molar-refractivity contribution in [3.8, 4) is 0 Å². The van der Waals surface area contributed by atoms with Gasteiger partial charge in [0, 0.05) is 18.2 Å². The molecule has 0 aliphatic carbocycles. The molecular weight excluding hydrogens is 344 g/mol. The third-order valence-corrected chi connectivity index (χ3v) is 5.04. The molecule has 3 heteroatoms. The second kappa shape index (κ2) is 9.86. The van der Waals surface area contributed by atoms with E-state index in [0.717, 1.165) is 24.0 Å². The summed E-state index contributed by atoms with van der Waals surface area (Å²) >= 11 is 0. The normalized spacial score (nSPS) is 12.0. The van der Waals surface area contributed by atoms with Gasteiger partial charge in [0.1, 0.15) is 0 Å². The number of nitrogens with zero attached hydrogens (tertiary/aromatic N) is 1. The average molecular weight is 373 g/mol. The highest BCUT2D eigenvalue weighted by atomic mass is 16.1. The van der Waals surface area contributed by atoms with Gasteiger partial charge in [-0.3, -0.25) is 4.79 Å². The summed E-state index contributed by atoms with van der Waals surface area (Å²) in [6, 6.07) is 28.8. The van der Waals surface area contributed by atoms with E-state index >= 15 is 0 Å². The van der Waals surface area contributed by atoms with E-state index in [1.54, 1.807) is 0 Å². The van der Waals surface area contributed by atoms with Crippen molar-refractivity contribution in [1.29, 1.82) is 0 Å². The molecule has 0 heterocycles. The standard InChI is InChI=1S/C25H28N2O/c1-27(2)23(18-21-13-7-4-8-14-21)19-26-25(28)24-16-10-9-15-22(24)17-20-11-5-3-6-12-20/h3-16,23H,17-19H2,1-2H3,(H,26,28). The Morgan fingerprint density at radius 2 is 1.39 bits per heavy atom. The maximum absolute atomic E-state index is 12.9. The predicted octanol–water partition coefficient (Wildman–Crippen LogP) is 4.18. The van der Waals surface area contributed by atoms with Crippen LogP contribution in [0.2, 0.25) is 0 Å². The number of hydrogen-bond donors (Lipinski definition) is 1. The molecule has 144 valence electrons. The molecule has 0 aliphatic rings. The van der Waals surface area contributed by atoms with Crippen molar-refractivity contribution >= 4 is 5.91 Å². The van der Waals surface area contributed by atoms with Crippen molar-refractivity contribution < 1.29 is 4.79 Å². The summed E-state index contributed by atoms with van der Waals surface area (Å²) in [7, 11) is 4.12. The molecule has 0 aliphatic heterocycles. The van der Waals surface area contributed by atoms with Crippen LogP contribution in [-0.4, -0.2) is 37.5 Å². The molecule has 1 unspecified atom stereocenters. The molecule has 3 nitrogen and oxygen atoms in total. The van der Waals surface area contributed by atoms with Crippen molar-refractivity contribution in [2.75, 3.05) is 20.6 Å². The highest BCUT2D eigenvalue weighted by Gasteiger charge is 2.16. The number of amides is 1. The first-order valence-electron chi connectivity index (χ1n) is 9.74. The maximum Gasteiger partial charge on any atom is 0.251 e. The highest BCUT2D eigenvalue weighted by molar-refractivity contribution is 5.95. The van der Waals surface area contributed by atoms with Crippen LogP contribution in [0.25, 0.3) is 0 Å². The van der Waals surface area contributed by atoms with Crippen LogP contribution in [-0.2, 0) is 12.8 Å². The quantitative estimate of drug-likeness (QED) is 0.643. The van der Waals surface area contributed by atoms with E-state index in [2.05, 4.69) is 60.7 Å². The van der Waals surface area contributed by atoms with Gasteiger partial charge in [0.05, 0.1) is 0 Å². The molecule has 28 heavy (non-hydrogen) atoms. The van der Waals surface area contributed by atoms with Gasteiger partial charge in [-0.1, -0.05) is 78.9 Å². The van der Waals surface area contributed by atoms with Gasteiger partial charge >= 0.3 is 0 Å². The summed E-state index contributed by atoms with van der Waals surface area (Å²) in [4.78, 5) is 15.1. The van der Waals surface area contributed by atoms with Crippen molar-refractivity contribution in [2.24, 2.45) is 0 Å². The Labute approximate surface area is 168 Å². The summed E-state index contributed by atoms with van der Waals surface area (Å²) in [6.45, 7) is 0.612. The van der Waals surface area contributed by atoms with Crippen LogP contribution < -0.4 is 5.32 Å². The number of rotatable bonds is 8. The average Bonchev–Trinajstić information content (AvgIpc) is 2.72. The number of nitrogens with one attached hydrogen (secondary N) is 1. The third kappa shape index (κ3) is 5.54. The van der Waals surface area contributed by atoms with E-state index in [4.69, 9.17) is 0 Å². The Bertz CT molecular complexity index is 875. The Hall–Kier alpha value is -2.91. The number of likely N-dealkylation sites (N-methyl/N-ethyl adjacent to an activating group) is 1. The summed E-state index contributed by atoms with van der Waals surface area (Å²) in [5, 5.41) is 3.15. The molecule has 3 aromatic rings. The van der Waals surface area contributed by atoms with Gasteiger partial charge in [0.2, 0.25) is 0 Å². The second-order valence-electron chi connectivity index (χ2n) is 7.34. The van der Waals surface area contributed by atoms with E-state index in [-0.39, 0.29) is 11.9 Å². The lowest BCUT2D eigenvalue weighted by Crippen LogP contribution is -2.41. The Kier molecular flexibility index (Phi) is 6.99. The minimum atomic E-state index is -0.00792. The molecule has 0 aromatic heterocycles. The van der Waals surface area contributed by atoms with Crippen LogP contribution in [0.5, 0.6) is 0 Å². The zero-order valence-corrected chi connectivity index (χ0v) is 16.6. The van der Waals surface area contributed by atoms with Gasteiger partial charge in [0.15, 0.2) is 0 Å². The zero-order chi connectivity index (χ0) is 19.8. The minimum absolute atomic E-state index is 0.00792. The minimum Gasteiger partial charge on any atom is -0.350 e. The van der Waals surface area contributed by atoms with Crippen molar-refractivity contribution in [1.82, 2.24) is 10.2 Å². The molecule has 3 rings (SSSR count). The maximum atomic E-state index is 12.9. The second-order valence-corrected chi connectivity index (χ2v) is 7.34. The van der Waals surface area contributed by atoms with E-state index in [0.29, 0.717) is 6.54 Å². The third-order valence-electron chi connectivity index (χ3n) is 5.04. The van der Waals surface area contributed by atoms with Crippen molar-refractivity contribution in [3.05, 3.63) is 107 Å². The summed E-state index contributed by atoms with van der Waals surface area (Å²) < 4.78 is 0. The van der Waals surface area contributed by atoms with Gasteiger partial charge in [-0.15, -0.1) is 0 Å². The zero-order valence-electron chi connectivity index (χ0n) is 16.6. The smallest absolute Gasteiger partial charge is 0.251 e. The molecule has 0 radical (unpaired) electrons. The number of benzene rings is 3. The first-order chi connectivity index (χ1) is 13.6. The first kappa shape index (κ1) is 19.8. The van der Waals surface area contributed by atoms with Gasteiger partial charge in [-0.25, -0.2) is 0 Å². The molecule has 0 fully saturated rings. The summed E-state index contributed by atoms with van der Waals surface area (Å²) in [5.74, 6) is -0.00792. The number of carbonyl (C=O) groups is 1. The Morgan fingerprint density at radius 1 is 0.821 bits per heavy atom. The lowest BCUT2D eigenvalue weighted by Gasteiger charge is -2.25. The largest absolute Gasteiger partial charge is 0.350 e. The monoisotopic (exact) mass is 372 g/mol. The SMILES string of the molecule is CN(C)C(CNC(=O)c1ccccc1Cc1ccccc1)Cc1ccccc1. The molecule has 0 saturated heterocycles. The number of carbonyl (C=O) groups excluding carboxylic acids is 1. The Balaban J connectivity index is 1.67. The summed E-state index contributed by atoms with van der Waals surface area (Å²) in [6.07, 6.45) is 1.66.